The lowest BCUT2D eigenvalue weighted by atomic mass is 10.1. The molecule has 0 heterocycles. The maximum atomic E-state index is 13.2. The standard InChI is InChI=1S/C14H10FN3O/c15-12-7-11(4-5-13(12)17)18-14(19)10-3-1-2-9(6-10)8-16/h1-7H,17H2,(H,18,19). The summed E-state index contributed by atoms with van der Waals surface area (Å²) < 4.78 is 13.2. The van der Waals surface area contributed by atoms with E-state index in [-0.39, 0.29) is 5.69 Å². The summed E-state index contributed by atoms with van der Waals surface area (Å²) >= 11 is 0. The maximum Gasteiger partial charge on any atom is 0.255 e. The van der Waals surface area contributed by atoms with Crippen molar-refractivity contribution in [3.8, 4) is 6.07 Å². The number of rotatable bonds is 2. The number of halogens is 1. The molecule has 4 nitrogen and oxygen atoms in total. The van der Waals surface area contributed by atoms with Gasteiger partial charge in [-0.3, -0.25) is 4.79 Å². The Morgan fingerprint density at radius 1 is 1.26 bits per heavy atom. The van der Waals surface area contributed by atoms with Crippen molar-refractivity contribution in [3.63, 3.8) is 0 Å². The Hall–Kier alpha value is -2.87. The van der Waals surface area contributed by atoms with E-state index in [1.54, 1.807) is 18.2 Å². The number of nitrogens with zero attached hydrogens (tertiary/aromatic N) is 1. The van der Waals surface area contributed by atoms with Crippen LogP contribution in [0.4, 0.5) is 15.8 Å². The van der Waals surface area contributed by atoms with Crippen LogP contribution in [-0.4, -0.2) is 5.91 Å². The van der Waals surface area contributed by atoms with E-state index in [0.29, 0.717) is 16.8 Å². The molecule has 0 fully saturated rings. The molecule has 0 atom stereocenters. The lowest BCUT2D eigenvalue weighted by Crippen LogP contribution is -2.12. The third-order valence-corrected chi connectivity index (χ3v) is 2.51. The summed E-state index contributed by atoms with van der Waals surface area (Å²) in [6.45, 7) is 0. The quantitative estimate of drug-likeness (QED) is 0.809. The summed E-state index contributed by atoms with van der Waals surface area (Å²) in [4.78, 5) is 11.9. The summed E-state index contributed by atoms with van der Waals surface area (Å²) in [6.07, 6.45) is 0. The van der Waals surface area contributed by atoms with Crippen molar-refractivity contribution in [2.24, 2.45) is 0 Å². The normalized spacial score (nSPS) is 9.68. The molecule has 0 saturated carbocycles. The molecule has 2 aromatic carbocycles. The second-order valence-electron chi connectivity index (χ2n) is 3.88. The molecule has 2 rings (SSSR count). The van der Waals surface area contributed by atoms with Gasteiger partial charge >= 0.3 is 0 Å². The molecule has 1 amide bonds. The number of carbonyl (C=O) groups is 1. The van der Waals surface area contributed by atoms with E-state index < -0.39 is 11.7 Å². The first kappa shape index (κ1) is 12.6. The van der Waals surface area contributed by atoms with Gasteiger partial charge in [-0.2, -0.15) is 5.26 Å². The summed E-state index contributed by atoms with van der Waals surface area (Å²) in [5.41, 5.74) is 6.38. The van der Waals surface area contributed by atoms with Gasteiger partial charge in [0, 0.05) is 11.3 Å². The van der Waals surface area contributed by atoms with Crippen molar-refractivity contribution in [1.29, 1.82) is 5.26 Å². The largest absolute Gasteiger partial charge is 0.396 e. The zero-order valence-electron chi connectivity index (χ0n) is 9.85. The first-order valence-electron chi connectivity index (χ1n) is 5.46. The van der Waals surface area contributed by atoms with Crippen LogP contribution in [0.1, 0.15) is 15.9 Å². The van der Waals surface area contributed by atoms with Crippen molar-refractivity contribution in [1.82, 2.24) is 0 Å². The smallest absolute Gasteiger partial charge is 0.255 e. The van der Waals surface area contributed by atoms with Gasteiger partial charge in [0.05, 0.1) is 17.3 Å². The molecule has 94 valence electrons. The molecule has 0 spiro atoms. The maximum absolute atomic E-state index is 13.2. The van der Waals surface area contributed by atoms with E-state index in [1.165, 1.54) is 18.2 Å². The Labute approximate surface area is 109 Å². The predicted octanol–water partition coefficient (Wildman–Crippen LogP) is 2.53. The van der Waals surface area contributed by atoms with Crippen LogP contribution in [0.3, 0.4) is 0 Å². The fraction of sp³-hybridized carbons (Fsp3) is 0. The molecule has 0 saturated heterocycles. The van der Waals surface area contributed by atoms with Gasteiger partial charge in [-0.15, -0.1) is 0 Å². The molecular formula is C14H10FN3O. The number of nitrogens with one attached hydrogen (secondary N) is 1. The Morgan fingerprint density at radius 2 is 2.05 bits per heavy atom. The summed E-state index contributed by atoms with van der Waals surface area (Å²) in [5, 5.41) is 11.3. The molecule has 2 aromatic rings. The van der Waals surface area contributed by atoms with Crippen molar-refractivity contribution < 1.29 is 9.18 Å². The van der Waals surface area contributed by atoms with Crippen molar-refractivity contribution in [3.05, 3.63) is 59.4 Å². The van der Waals surface area contributed by atoms with E-state index in [0.717, 1.165) is 6.07 Å². The molecule has 3 N–H and O–H groups in total. The molecule has 0 aliphatic heterocycles. The molecular weight excluding hydrogens is 245 g/mol. The Kier molecular flexibility index (Phi) is 3.44. The number of amides is 1. The van der Waals surface area contributed by atoms with Gasteiger partial charge in [0.2, 0.25) is 0 Å². The van der Waals surface area contributed by atoms with Gasteiger partial charge in [-0.1, -0.05) is 6.07 Å². The number of nitriles is 1. The first-order valence-corrected chi connectivity index (χ1v) is 5.46. The highest BCUT2D eigenvalue weighted by atomic mass is 19.1. The van der Waals surface area contributed by atoms with Crippen LogP contribution in [0.5, 0.6) is 0 Å². The third kappa shape index (κ3) is 2.87. The van der Waals surface area contributed by atoms with E-state index in [4.69, 9.17) is 11.0 Å². The lowest BCUT2D eigenvalue weighted by Gasteiger charge is -2.06. The number of anilines is 2. The number of nitrogens with two attached hydrogens (primary N) is 1. The number of benzene rings is 2. The van der Waals surface area contributed by atoms with Crippen LogP contribution >= 0.6 is 0 Å². The van der Waals surface area contributed by atoms with Crippen LogP contribution in [0.25, 0.3) is 0 Å². The topological polar surface area (TPSA) is 78.9 Å². The number of hydrogen-bond acceptors (Lipinski definition) is 3. The van der Waals surface area contributed by atoms with Crippen LogP contribution in [0.15, 0.2) is 42.5 Å². The third-order valence-electron chi connectivity index (χ3n) is 2.51. The minimum absolute atomic E-state index is 0.0180. The average molecular weight is 255 g/mol. The highest BCUT2D eigenvalue weighted by Crippen LogP contribution is 2.17. The molecule has 0 radical (unpaired) electrons. The summed E-state index contributed by atoms with van der Waals surface area (Å²) in [5.74, 6) is -1.01. The predicted molar refractivity (Wildman–Crippen MR) is 69.9 cm³/mol. The van der Waals surface area contributed by atoms with E-state index in [9.17, 15) is 9.18 Å². The second-order valence-corrected chi connectivity index (χ2v) is 3.88. The SMILES string of the molecule is N#Cc1cccc(C(=O)Nc2ccc(N)c(F)c2)c1. The molecule has 0 bridgehead atoms. The van der Waals surface area contributed by atoms with Crippen molar-refractivity contribution >= 4 is 17.3 Å². The molecule has 19 heavy (non-hydrogen) atoms. The number of nitrogen functional groups attached to an aromatic ring is 1. The van der Waals surface area contributed by atoms with Crippen molar-refractivity contribution in [2.75, 3.05) is 11.1 Å². The zero-order chi connectivity index (χ0) is 13.8. The van der Waals surface area contributed by atoms with Crippen molar-refractivity contribution in [2.45, 2.75) is 0 Å². The molecule has 0 unspecified atom stereocenters. The molecule has 0 aromatic heterocycles. The zero-order valence-corrected chi connectivity index (χ0v) is 9.85. The Bertz CT molecular complexity index is 677. The van der Waals surface area contributed by atoms with Crippen LogP contribution in [0, 0.1) is 17.1 Å². The van der Waals surface area contributed by atoms with Gasteiger partial charge in [0.15, 0.2) is 0 Å². The van der Waals surface area contributed by atoms with Gasteiger partial charge in [0.1, 0.15) is 5.82 Å². The average Bonchev–Trinajstić information content (AvgIpc) is 2.43. The Morgan fingerprint density at radius 3 is 2.74 bits per heavy atom. The number of hydrogen-bond donors (Lipinski definition) is 2. The van der Waals surface area contributed by atoms with Crippen LogP contribution in [0.2, 0.25) is 0 Å². The fourth-order valence-corrected chi connectivity index (χ4v) is 1.54. The van der Waals surface area contributed by atoms with E-state index in [1.807, 2.05) is 6.07 Å². The summed E-state index contributed by atoms with van der Waals surface area (Å²) in [7, 11) is 0. The minimum Gasteiger partial charge on any atom is -0.396 e. The van der Waals surface area contributed by atoms with Gasteiger partial charge < -0.3 is 11.1 Å². The van der Waals surface area contributed by atoms with Gasteiger partial charge in [-0.05, 0) is 36.4 Å². The molecule has 5 heteroatoms. The second kappa shape index (κ2) is 5.19. The highest BCUT2D eigenvalue weighted by Gasteiger charge is 2.08. The van der Waals surface area contributed by atoms with Crippen LogP contribution < -0.4 is 11.1 Å². The molecule has 0 aliphatic carbocycles. The Balaban J connectivity index is 2.21. The van der Waals surface area contributed by atoms with Gasteiger partial charge in [0.25, 0.3) is 5.91 Å². The minimum atomic E-state index is -0.594. The first-order chi connectivity index (χ1) is 9.10. The van der Waals surface area contributed by atoms with E-state index in [2.05, 4.69) is 5.32 Å². The fourth-order valence-electron chi connectivity index (χ4n) is 1.54. The highest BCUT2D eigenvalue weighted by molar-refractivity contribution is 6.04. The summed E-state index contributed by atoms with van der Waals surface area (Å²) in [6, 6.07) is 12.2. The van der Waals surface area contributed by atoms with E-state index >= 15 is 0 Å². The van der Waals surface area contributed by atoms with Crippen LogP contribution in [-0.2, 0) is 0 Å². The number of carbonyl (C=O) groups excluding carboxylic acids is 1. The van der Waals surface area contributed by atoms with Gasteiger partial charge in [-0.25, -0.2) is 4.39 Å². The lowest BCUT2D eigenvalue weighted by molar-refractivity contribution is 0.102. The molecule has 0 aliphatic rings. The monoisotopic (exact) mass is 255 g/mol.